The number of hydrogen-bond acceptors (Lipinski definition) is 2. The Labute approximate surface area is 108 Å². The van der Waals surface area contributed by atoms with Gasteiger partial charge in [0.25, 0.3) is 0 Å². The Morgan fingerprint density at radius 2 is 2.00 bits per heavy atom. The highest BCUT2D eigenvalue weighted by Crippen LogP contribution is 2.30. The molecule has 1 atom stereocenters. The van der Waals surface area contributed by atoms with Gasteiger partial charge in [0.1, 0.15) is 17.6 Å². The molecule has 1 N–H and O–H groups in total. The highest BCUT2D eigenvalue weighted by atomic mass is 35.5. The summed E-state index contributed by atoms with van der Waals surface area (Å²) in [6, 6.07) is 7.30. The summed E-state index contributed by atoms with van der Waals surface area (Å²) < 4.78 is 13.5. The maximum absolute atomic E-state index is 13.5. The van der Waals surface area contributed by atoms with Crippen LogP contribution < -0.4 is 0 Å². The van der Waals surface area contributed by atoms with Crippen LogP contribution in [0.2, 0.25) is 10.0 Å². The van der Waals surface area contributed by atoms with Crippen LogP contribution in [0.5, 0.6) is 0 Å². The fourth-order valence-corrected chi connectivity index (χ4v) is 1.87. The Kier molecular flexibility index (Phi) is 3.62. The maximum Gasteiger partial charge on any atom is 0.147 e. The van der Waals surface area contributed by atoms with Gasteiger partial charge in [0.15, 0.2) is 0 Å². The third-order valence-electron chi connectivity index (χ3n) is 2.30. The molecule has 2 nitrogen and oxygen atoms in total. The van der Waals surface area contributed by atoms with E-state index < -0.39 is 11.9 Å². The van der Waals surface area contributed by atoms with Gasteiger partial charge in [-0.1, -0.05) is 23.2 Å². The van der Waals surface area contributed by atoms with Crippen LogP contribution in [-0.2, 0) is 0 Å². The van der Waals surface area contributed by atoms with Crippen molar-refractivity contribution < 1.29 is 9.50 Å². The zero-order valence-corrected chi connectivity index (χ0v) is 10.1. The van der Waals surface area contributed by atoms with Crippen LogP contribution in [0.25, 0.3) is 0 Å². The van der Waals surface area contributed by atoms with Crippen LogP contribution in [0, 0.1) is 5.82 Å². The number of nitrogens with zero attached hydrogens (tertiary/aromatic N) is 1. The van der Waals surface area contributed by atoms with Crippen LogP contribution in [-0.4, -0.2) is 10.1 Å². The summed E-state index contributed by atoms with van der Waals surface area (Å²) in [7, 11) is 0. The Bertz CT molecular complexity index is 548. The second-order valence-electron chi connectivity index (χ2n) is 3.44. The fraction of sp³-hybridized carbons (Fsp3) is 0.0833. The summed E-state index contributed by atoms with van der Waals surface area (Å²) in [4.78, 5) is 3.80. The Morgan fingerprint density at radius 3 is 2.71 bits per heavy atom. The van der Waals surface area contributed by atoms with Crippen molar-refractivity contribution in [2.45, 2.75) is 6.10 Å². The van der Waals surface area contributed by atoms with Gasteiger partial charge >= 0.3 is 0 Å². The van der Waals surface area contributed by atoms with Crippen LogP contribution in [0.15, 0.2) is 36.5 Å². The lowest BCUT2D eigenvalue weighted by atomic mass is 10.1. The average Bonchev–Trinajstić information content (AvgIpc) is 2.32. The first kappa shape index (κ1) is 12.3. The molecule has 88 valence electrons. The van der Waals surface area contributed by atoms with Crippen molar-refractivity contribution in [3.05, 3.63) is 63.6 Å². The van der Waals surface area contributed by atoms with Crippen LogP contribution in [0.4, 0.5) is 4.39 Å². The third-order valence-corrected chi connectivity index (χ3v) is 2.88. The first-order valence-electron chi connectivity index (χ1n) is 4.83. The molecule has 0 radical (unpaired) electrons. The average molecular weight is 272 g/mol. The molecule has 1 aromatic carbocycles. The standard InChI is InChI=1S/C12H8Cl2FNO/c13-7-3-4-9(14)8(6-7)12(17)11-10(15)2-1-5-16-11/h1-6,12,17H. The van der Waals surface area contributed by atoms with Gasteiger partial charge in [-0.2, -0.15) is 0 Å². The van der Waals surface area contributed by atoms with Gasteiger partial charge in [0.2, 0.25) is 0 Å². The quantitative estimate of drug-likeness (QED) is 0.905. The van der Waals surface area contributed by atoms with Gasteiger partial charge in [0, 0.05) is 21.8 Å². The second kappa shape index (κ2) is 5.00. The summed E-state index contributed by atoms with van der Waals surface area (Å²) in [6.45, 7) is 0. The van der Waals surface area contributed by atoms with E-state index in [-0.39, 0.29) is 5.69 Å². The minimum atomic E-state index is -1.23. The van der Waals surface area contributed by atoms with E-state index >= 15 is 0 Å². The summed E-state index contributed by atoms with van der Waals surface area (Å²) >= 11 is 11.7. The summed E-state index contributed by atoms with van der Waals surface area (Å²) in [6.07, 6.45) is 0.169. The minimum absolute atomic E-state index is 0.0725. The Morgan fingerprint density at radius 1 is 1.24 bits per heavy atom. The molecule has 0 aliphatic rings. The molecule has 0 aliphatic heterocycles. The first-order valence-corrected chi connectivity index (χ1v) is 5.58. The van der Waals surface area contributed by atoms with E-state index in [0.29, 0.717) is 15.6 Å². The van der Waals surface area contributed by atoms with Gasteiger partial charge < -0.3 is 5.11 Å². The van der Waals surface area contributed by atoms with E-state index in [0.717, 1.165) is 0 Å². The van der Waals surface area contributed by atoms with Gasteiger partial charge in [0.05, 0.1) is 0 Å². The Balaban J connectivity index is 2.47. The van der Waals surface area contributed by atoms with Gasteiger partial charge in [-0.15, -0.1) is 0 Å². The number of aromatic nitrogens is 1. The van der Waals surface area contributed by atoms with E-state index in [1.54, 1.807) is 12.1 Å². The van der Waals surface area contributed by atoms with Crippen molar-refractivity contribution in [3.63, 3.8) is 0 Å². The molecule has 1 aromatic heterocycles. The number of aliphatic hydroxyl groups excluding tert-OH is 1. The summed E-state index contributed by atoms with van der Waals surface area (Å²) in [5.74, 6) is -0.587. The Hall–Kier alpha value is -1.16. The molecule has 0 aliphatic carbocycles. The SMILES string of the molecule is OC(c1cc(Cl)ccc1Cl)c1ncccc1F. The largest absolute Gasteiger partial charge is 0.382 e. The molecule has 0 spiro atoms. The molecule has 17 heavy (non-hydrogen) atoms. The zero-order valence-electron chi connectivity index (χ0n) is 8.57. The molecule has 2 aromatic rings. The number of hydrogen-bond donors (Lipinski definition) is 1. The lowest BCUT2D eigenvalue weighted by Gasteiger charge is -2.13. The molecular formula is C12H8Cl2FNO. The van der Waals surface area contributed by atoms with Gasteiger partial charge in [-0.3, -0.25) is 4.98 Å². The van der Waals surface area contributed by atoms with Gasteiger partial charge in [-0.25, -0.2) is 4.39 Å². The number of benzene rings is 1. The number of aliphatic hydroxyl groups is 1. The number of halogens is 3. The van der Waals surface area contributed by atoms with Crippen LogP contribution in [0.1, 0.15) is 17.4 Å². The maximum atomic E-state index is 13.5. The van der Waals surface area contributed by atoms with Crippen LogP contribution in [0.3, 0.4) is 0 Å². The topological polar surface area (TPSA) is 33.1 Å². The highest BCUT2D eigenvalue weighted by molar-refractivity contribution is 6.33. The van der Waals surface area contributed by atoms with Gasteiger partial charge in [-0.05, 0) is 30.3 Å². The van der Waals surface area contributed by atoms with Crippen LogP contribution >= 0.6 is 23.2 Å². The molecule has 0 saturated carbocycles. The second-order valence-corrected chi connectivity index (χ2v) is 4.28. The molecule has 5 heteroatoms. The van der Waals surface area contributed by atoms with E-state index in [9.17, 15) is 9.50 Å². The summed E-state index contributed by atoms with van der Waals surface area (Å²) in [5, 5.41) is 10.8. The molecule has 2 rings (SSSR count). The van der Waals surface area contributed by atoms with E-state index in [1.807, 2.05) is 0 Å². The van der Waals surface area contributed by atoms with E-state index in [1.165, 1.54) is 24.4 Å². The molecule has 0 bridgehead atoms. The normalized spacial score (nSPS) is 12.5. The van der Waals surface area contributed by atoms with Crippen molar-refractivity contribution in [2.75, 3.05) is 0 Å². The van der Waals surface area contributed by atoms with Crippen molar-refractivity contribution in [2.24, 2.45) is 0 Å². The fourth-order valence-electron chi connectivity index (χ4n) is 1.47. The van der Waals surface area contributed by atoms with Crippen molar-refractivity contribution >= 4 is 23.2 Å². The molecule has 0 amide bonds. The number of rotatable bonds is 2. The monoisotopic (exact) mass is 271 g/mol. The molecule has 1 heterocycles. The van der Waals surface area contributed by atoms with Crippen molar-refractivity contribution in [1.82, 2.24) is 4.98 Å². The smallest absolute Gasteiger partial charge is 0.147 e. The van der Waals surface area contributed by atoms with E-state index in [2.05, 4.69) is 4.98 Å². The minimum Gasteiger partial charge on any atom is -0.382 e. The van der Waals surface area contributed by atoms with E-state index in [4.69, 9.17) is 23.2 Å². The summed E-state index contributed by atoms with van der Waals surface area (Å²) in [5.41, 5.74) is 0.258. The lowest BCUT2D eigenvalue weighted by molar-refractivity contribution is 0.209. The molecule has 1 unspecified atom stereocenters. The first-order chi connectivity index (χ1) is 8.09. The predicted molar refractivity (Wildman–Crippen MR) is 64.7 cm³/mol. The van der Waals surface area contributed by atoms with Crippen molar-refractivity contribution in [1.29, 1.82) is 0 Å². The predicted octanol–water partition coefficient (Wildman–Crippen LogP) is 3.61. The third kappa shape index (κ3) is 2.57. The van der Waals surface area contributed by atoms with Crippen molar-refractivity contribution in [3.8, 4) is 0 Å². The molecule has 0 fully saturated rings. The molecule has 0 saturated heterocycles. The highest BCUT2D eigenvalue weighted by Gasteiger charge is 2.19. The zero-order chi connectivity index (χ0) is 12.4. The molecular weight excluding hydrogens is 264 g/mol. The lowest BCUT2D eigenvalue weighted by Crippen LogP contribution is -2.05. The number of pyridine rings is 1.